The lowest BCUT2D eigenvalue weighted by Crippen LogP contribution is -2.36. The topological polar surface area (TPSA) is 83.3 Å². The second kappa shape index (κ2) is 6.31. The number of nitrogens with one attached hydrogen (secondary N) is 1. The van der Waals surface area contributed by atoms with Crippen molar-refractivity contribution in [2.45, 2.75) is 19.5 Å². The highest BCUT2D eigenvalue weighted by atomic mass is 16.4. The Bertz CT molecular complexity index is 363. The molecule has 1 rings (SSSR count). The Morgan fingerprint density at radius 1 is 1.65 bits per heavy atom. The highest BCUT2D eigenvalue weighted by molar-refractivity contribution is 5.84. The zero-order valence-corrected chi connectivity index (χ0v) is 10.4. The summed E-state index contributed by atoms with van der Waals surface area (Å²) in [4.78, 5) is 12.7. The van der Waals surface area contributed by atoms with E-state index in [-0.39, 0.29) is 5.69 Å². The number of carbonyl (C=O) groups is 1. The first-order valence-corrected chi connectivity index (χ1v) is 5.51. The van der Waals surface area contributed by atoms with Gasteiger partial charge in [0.1, 0.15) is 0 Å². The predicted molar refractivity (Wildman–Crippen MR) is 63.0 cm³/mol. The van der Waals surface area contributed by atoms with E-state index >= 15 is 0 Å². The van der Waals surface area contributed by atoms with Crippen molar-refractivity contribution in [3.63, 3.8) is 0 Å². The van der Waals surface area contributed by atoms with Crippen LogP contribution in [0.3, 0.4) is 0 Å². The van der Waals surface area contributed by atoms with E-state index in [2.05, 4.69) is 27.5 Å². The molecule has 0 radical (unpaired) electrons. The van der Waals surface area contributed by atoms with E-state index in [9.17, 15) is 4.79 Å². The summed E-state index contributed by atoms with van der Waals surface area (Å²) in [5.74, 6) is -1.05. The molecule has 96 valence electrons. The number of carboxylic acids is 1. The molecule has 0 fully saturated rings. The Morgan fingerprint density at radius 2 is 2.35 bits per heavy atom. The van der Waals surface area contributed by atoms with Gasteiger partial charge < -0.3 is 15.3 Å². The molecule has 1 heterocycles. The fraction of sp³-hybridized carbons (Fsp3) is 0.700. The number of aromatic nitrogens is 3. The van der Waals surface area contributed by atoms with Gasteiger partial charge in [0, 0.05) is 19.1 Å². The lowest BCUT2D eigenvalue weighted by Gasteiger charge is -2.19. The summed E-state index contributed by atoms with van der Waals surface area (Å²) in [6.07, 6.45) is 1.43. The number of carboxylic acid groups (broad SMARTS) is 1. The molecule has 0 aromatic carbocycles. The number of aromatic carboxylic acids is 1. The van der Waals surface area contributed by atoms with Gasteiger partial charge in [0.2, 0.25) is 0 Å². The fourth-order valence-electron chi connectivity index (χ4n) is 1.19. The maximum atomic E-state index is 10.6. The SMILES string of the molecule is CC(CNCCn1cc(C(=O)O)nn1)N(C)C. The fourth-order valence-corrected chi connectivity index (χ4v) is 1.19. The van der Waals surface area contributed by atoms with E-state index in [1.165, 1.54) is 10.9 Å². The predicted octanol–water partition coefficient (Wildman–Crippen LogP) is -0.484. The van der Waals surface area contributed by atoms with Gasteiger partial charge in [0.05, 0.1) is 12.7 Å². The molecule has 1 unspecified atom stereocenters. The van der Waals surface area contributed by atoms with Gasteiger partial charge in [-0.05, 0) is 21.0 Å². The third-order valence-electron chi connectivity index (χ3n) is 2.60. The van der Waals surface area contributed by atoms with E-state index in [1.54, 1.807) is 0 Å². The van der Waals surface area contributed by atoms with Crippen LogP contribution in [0.2, 0.25) is 0 Å². The maximum Gasteiger partial charge on any atom is 0.358 e. The summed E-state index contributed by atoms with van der Waals surface area (Å²) in [6, 6.07) is 0.459. The van der Waals surface area contributed by atoms with Crippen molar-refractivity contribution in [3.05, 3.63) is 11.9 Å². The zero-order valence-electron chi connectivity index (χ0n) is 10.4. The van der Waals surface area contributed by atoms with Crippen molar-refractivity contribution in [3.8, 4) is 0 Å². The first-order chi connectivity index (χ1) is 8.00. The van der Waals surface area contributed by atoms with Gasteiger partial charge in [0.15, 0.2) is 5.69 Å². The highest BCUT2D eigenvalue weighted by Crippen LogP contribution is 1.92. The normalized spacial score (nSPS) is 12.9. The second-order valence-corrected chi connectivity index (χ2v) is 4.19. The van der Waals surface area contributed by atoms with E-state index in [0.717, 1.165) is 13.1 Å². The average Bonchev–Trinajstić information content (AvgIpc) is 2.72. The quantitative estimate of drug-likeness (QED) is 0.627. The van der Waals surface area contributed by atoms with Crippen molar-refractivity contribution in [1.82, 2.24) is 25.2 Å². The van der Waals surface area contributed by atoms with Crippen LogP contribution >= 0.6 is 0 Å². The van der Waals surface area contributed by atoms with Gasteiger partial charge in [-0.3, -0.25) is 4.68 Å². The lowest BCUT2D eigenvalue weighted by molar-refractivity contribution is 0.0690. The van der Waals surface area contributed by atoms with Crippen molar-refractivity contribution < 1.29 is 9.90 Å². The third-order valence-corrected chi connectivity index (χ3v) is 2.60. The number of rotatable bonds is 7. The van der Waals surface area contributed by atoms with Crippen molar-refractivity contribution in [1.29, 1.82) is 0 Å². The van der Waals surface area contributed by atoms with E-state index < -0.39 is 5.97 Å². The molecule has 1 atom stereocenters. The molecular weight excluding hydrogens is 222 g/mol. The third kappa shape index (κ3) is 4.49. The van der Waals surface area contributed by atoms with Gasteiger partial charge in [-0.1, -0.05) is 5.21 Å². The molecule has 0 saturated carbocycles. The van der Waals surface area contributed by atoms with Crippen LogP contribution in [0.25, 0.3) is 0 Å². The average molecular weight is 241 g/mol. The molecule has 1 aromatic heterocycles. The zero-order chi connectivity index (χ0) is 12.8. The maximum absolute atomic E-state index is 10.6. The van der Waals surface area contributed by atoms with E-state index in [1.807, 2.05) is 14.1 Å². The van der Waals surface area contributed by atoms with Gasteiger partial charge in [-0.15, -0.1) is 5.10 Å². The van der Waals surface area contributed by atoms with Gasteiger partial charge in [-0.2, -0.15) is 0 Å². The molecule has 0 aliphatic rings. The van der Waals surface area contributed by atoms with Crippen molar-refractivity contribution in [2.24, 2.45) is 0 Å². The Morgan fingerprint density at radius 3 is 2.88 bits per heavy atom. The van der Waals surface area contributed by atoms with Gasteiger partial charge in [-0.25, -0.2) is 4.79 Å². The molecule has 1 aromatic rings. The minimum Gasteiger partial charge on any atom is -0.476 e. The molecule has 17 heavy (non-hydrogen) atoms. The monoisotopic (exact) mass is 241 g/mol. The van der Waals surface area contributed by atoms with Crippen LogP contribution in [0.1, 0.15) is 17.4 Å². The summed E-state index contributed by atoms with van der Waals surface area (Å²) in [5.41, 5.74) is -0.0216. The lowest BCUT2D eigenvalue weighted by atomic mass is 10.3. The van der Waals surface area contributed by atoms with Crippen LogP contribution in [0.15, 0.2) is 6.20 Å². The van der Waals surface area contributed by atoms with Crippen LogP contribution in [0.5, 0.6) is 0 Å². The first-order valence-electron chi connectivity index (χ1n) is 5.51. The van der Waals surface area contributed by atoms with Gasteiger partial charge in [0.25, 0.3) is 0 Å². The molecule has 0 spiro atoms. The molecule has 0 amide bonds. The van der Waals surface area contributed by atoms with Gasteiger partial charge >= 0.3 is 5.97 Å². The highest BCUT2D eigenvalue weighted by Gasteiger charge is 2.08. The molecular formula is C10H19N5O2. The molecule has 0 aliphatic heterocycles. The van der Waals surface area contributed by atoms with Crippen LogP contribution < -0.4 is 5.32 Å². The second-order valence-electron chi connectivity index (χ2n) is 4.19. The Labute approximate surface area is 100 Å². The Hall–Kier alpha value is -1.47. The summed E-state index contributed by atoms with van der Waals surface area (Å²) < 4.78 is 1.52. The number of hydrogen-bond acceptors (Lipinski definition) is 5. The van der Waals surface area contributed by atoms with Crippen molar-refractivity contribution in [2.75, 3.05) is 27.2 Å². The Kier molecular flexibility index (Phi) is 5.05. The Balaban J connectivity index is 2.24. The molecule has 0 aliphatic carbocycles. The van der Waals surface area contributed by atoms with Crippen LogP contribution in [0, 0.1) is 0 Å². The minimum atomic E-state index is -1.05. The molecule has 0 bridgehead atoms. The molecule has 7 heteroatoms. The number of hydrogen-bond donors (Lipinski definition) is 2. The standard InChI is InChI=1S/C10H19N5O2/c1-8(14(2)3)6-11-4-5-15-7-9(10(16)17)12-13-15/h7-8,11H,4-6H2,1-3H3,(H,16,17). The van der Waals surface area contributed by atoms with Crippen molar-refractivity contribution >= 4 is 5.97 Å². The number of nitrogens with zero attached hydrogens (tertiary/aromatic N) is 4. The summed E-state index contributed by atoms with van der Waals surface area (Å²) in [7, 11) is 4.06. The molecule has 0 saturated heterocycles. The summed E-state index contributed by atoms with van der Waals surface area (Å²) in [6.45, 7) is 4.36. The first kappa shape index (κ1) is 13.6. The summed E-state index contributed by atoms with van der Waals surface area (Å²) >= 11 is 0. The number of likely N-dealkylation sites (N-methyl/N-ethyl adjacent to an activating group) is 1. The van der Waals surface area contributed by atoms with E-state index in [4.69, 9.17) is 5.11 Å². The van der Waals surface area contributed by atoms with Crippen LogP contribution in [-0.4, -0.2) is 64.2 Å². The molecule has 2 N–H and O–H groups in total. The summed E-state index contributed by atoms with van der Waals surface area (Å²) in [5, 5.41) is 19.2. The van der Waals surface area contributed by atoms with E-state index in [0.29, 0.717) is 12.6 Å². The minimum absolute atomic E-state index is 0.0216. The van der Waals surface area contributed by atoms with Crippen LogP contribution in [0.4, 0.5) is 0 Å². The molecule has 7 nitrogen and oxygen atoms in total. The largest absolute Gasteiger partial charge is 0.476 e. The smallest absolute Gasteiger partial charge is 0.358 e. The van der Waals surface area contributed by atoms with Crippen LogP contribution in [-0.2, 0) is 6.54 Å².